The molecule has 1 N–H and O–H groups in total. The molecule has 104 valence electrons. The van der Waals surface area contributed by atoms with E-state index in [-0.39, 0.29) is 6.10 Å². The number of fused-ring (bicyclic) bond motifs is 1. The summed E-state index contributed by atoms with van der Waals surface area (Å²) in [6.45, 7) is 0.635. The number of hydrogen-bond donors (Lipinski definition) is 1. The summed E-state index contributed by atoms with van der Waals surface area (Å²) in [4.78, 5) is 0. The maximum Gasteiger partial charge on any atom is 0.123 e. The molecule has 3 rings (SSSR count). The van der Waals surface area contributed by atoms with Crippen molar-refractivity contribution in [3.8, 4) is 5.75 Å². The van der Waals surface area contributed by atoms with E-state index in [2.05, 4.69) is 11.4 Å². The molecule has 20 heavy (non-hydrogen) atoms. The maximum absolute atomic E-state index is 6.14. The maximum atomic E-state index is 6.14. The Morgan fingerprint density at radius 2 is 1.80 bits per heavy atom. The number of benzene rings is 2. The molecule has 1 aliphatic rings. The van der Waals surface area contributed by atoms with Crippen LogP contribution in [0.5, 0.6) is 5.75 Å². The fraction of sp³-hybridized carbons (Fsp3) is 0.200. The number of para-hydroxylation sites is 1. The third kappa shape index (κ3) is 2.83. The Kier molecular flexibility index (Phi) is 3.97. The Hall–Kier alpha value is -1.09. The number of anilines is 1. The van der Waals surface area contributed by atoms with E-state index in [1.807, 2.05) is 18.2 Å². The van der Waals surface area contributed by atoms with Gasteiger partial charge in [0.15, 0.2) is 0 Å². The second kappa shape index (κ2) is 5.72. The number of hydrogen-bond acceptors (Lipinski definition) is 2. The molecule has 0 saturated heterocycles. The SMILES string of the molecule is Clc1cc(Cl)c(NCC2Cc3ccccc3O2)c(Cl)c1. The van der Waals surface area contributed by atoms with Crippen LogP contribution in [0.3, 0.4) is 0 Å². The lowest BCUT2D eigenvalue weighted by atomic mass is 10.1. The second-order valence-electron chi connectivity index (χ2n) is 4.68. The van der Waals surface area contributed by atoms with Crippen LogP contribution in [0.1, 0.15) is 5.56 Å². The highest BCUT2D eigenvalue weighted by atomic mass is 35.5. The van der Waals surface area contributed by atoms with E-state index in [1.54, 1.807) is 12.1 Å². The molecule has 1 aliphatic heterocycles. The molecule has 1 atom stereocenters. The number of nitrogens with one attached hydrogen (secondary N) is 1. The molecule has 0 fully saturated rings. The lowest BCUT2D eigenvalue weighted by Gasteiger charge is -2.15. The van der Waals surface area contributed by atoms with Crippen LogP contribution in [-0.2, 0) is 6.42 Å². The predicted molar refractivity (Wildman–Crippen MR) is 84.5 cm³/mol. The molecule has 2 aromatic carbocycles. The summed E-state index contributed by atoms with van der Waals surface area (Å²) in [7, 11) is 0. The second-order valence-corrected chi connectivity index (χ2v) is 5.93. The van der Waals surface area contributed by atoms with Gasteiger partial charge in [-0.3, -0.25) is 0 Å². The van der Waals surface area contributed by atoms with Gasteiger partial charge in [0.1, 0.15) is 11.9 Å². The van der Waals surface area contributed by atoms with Crippen LogP contribution in [0.25, 0.3) is 0 Å². The minimum absolute atomic E-state index is 0.0789. The van der Waals surface area contributed by atoms with Crippen molar-refractivity contribution in [1.82, 2.24) is 0 Å². The van der Waals surface area contributed by atoms with Gasteiger partial charge in [-0.1, -0.05) is 53.0 Å². The van der Waals surface area contributed by atoms with E-state index in [4.69, 9.17) is 39.5 Å². The average molecular weight is 329 g/mol. The van der Waals surface area contributed by atoms with Crippen LogP contribution < -0.4 is 10.1 Å². The highest BCUT2D eigenvalue weighted by Gasteiger charge is 2.22. The van der Waals surface area contributed by atoms with Gasteiger partial charge >= 0.3 is 0 Å². The molecule has 0 spiro atoms. The van der Waals surface area contributed by atoms with Crippen LogP contribution in [0.4, 0.5) is 5.69 Å². The topological polar surface area (TPSA) is 21.3 Å². The summed E-state index contributed by atoms with van der Waals surface area (Å²) in [5.41, 5.74) is 1.92. The van der Waals surface area contributed by atoms with Gasteiger partial charge in [-0.25, -0.2) is 0 Å². The van der Waals surface area contributed by atoms with Crippen molar-refractivity contribution in [2.75, 3.05) is 11.9 Å². The van der Waals surface area contributed by atoms with Crippen molar-refractivity contribution in [3.63, 3.8) is 0 Å². The van der Waals surface area contributed by atoms with Crippen molar-refractivity contribution >= 4 is 40.5 Å². The highest BCUT2D eigenvalue weighted by molar-refractivity contribution is 6.41. The average Bonchev–Trinajstić information content (AvgIpc) is 2.80. The molecule has 1 unspecified atom stereocenters. The van der Waals surface area contributed by atoms with Crippen molar-refractivity contribution in [3.05, 3.63) is 57.0 Å². The van der Waals surface area contributed by atoms with Crippen LogP contribution in [-0.4, -0.2) is 12.6 Å². The van der Waals surface area contributed by atoms with E-state index >= 15 is 0 Å². The Bertz CT molecular complexity index is 597. The first-order valence-corrected chi connectivity index (χ1v) is 7.40. The van der Waals surface area contributed by atoms with Gasteiger partial charge in [0.25, 0.3) is 0 Å². The fourth-order valence-corrected chi connectivity index (χ4v) is 3.25. The van der Waals surface area contributed by atoms with E-state index in [0.29, 0.717) is 27.3 Å². The van der Waals surface area contributed by atoms with E-state index in [1.165, 1.54) is 5.56 Å². The summed E-state index contributed by atoms with van der Waals surface area (Å²) < 4.78 is 5.86. The Balaban J connectivity index is 1.67. The van der Waals surface area contributed by atoms with Crippen LogP contribution >= 0.6 is 34.8 Å². The summed E-state index contributed by atoms with van der Waals surface area (Å²) in [6.07, 6.45) is 0.960. The number of ether oxygens (including phenoxy) is 1. The van der Waals surface area contributed by atoms with Crippen molar-refractivity contribution in [1.29, 1.82) is 0 Å². The number of halogens is 3. The summed E-state index contributed by atoms with van der Waals surface area (Å²) in [5.74, 6) is 0.951. The molecular weight excluding hydrogens is 317 g/mol. The first kappa shape index (κ1) is 13.9. The first-order valence-electron chi connectivity index (χ1n) is 6.26. The molecule has 0 saturated carbocycles. The van der Waals surface area contributed by atoms with Crippen LogP contribution in [0.15, 0.2) is 36.4 Å². The van der Waals surface area contributed by atoms with Gasteiger partial charge in [-0.15, -0.1) is 0 Å². The van der Waals surface area contributed by atoms with E-state index < -0.39 is 0 Å². The minimum Gasteiger partial charge on any atom is -0.488 e. The molecule has 0 radical (unpaired) electrons. The van der Waals surface area contributed by atoms with Gasteiger partial charge in [0.05, 0.1) is 22.3 Å². The third-order valence-corrected chi connectivity index (χ3v) is 4.04. The quantitative estimate of drug-likeness (QED) is 0.850. The smallest absolute Gasteiger partial charge is 0.123 e. The molecule has 0 amide bonds. The van der Waals surface area contributed by atoms with E-state index in [9.17, 15) is 0 Å². The fourth-order valence-electron chi connectivity index (χ4n) is 2.29. The molecule has 5 heteroatoms. The lowest BCUT2D eigenvalue weighted by Crippen LogP contribution is -2.24. The standard InChI is InChI=1S/C15H12Cl3NO/c16-10-6-12(17)15(13(18)7-10)19-8-11-5-9-3-1-2-4-14(9)20-11/h1-4,6-7,11,19H,5,8H2. The van der Waals surface area contributed by atoms with Gasteiger partial charge in [-0.05, 0) is 23.8 Å². The molecule has 0 aromatic heterocycles. The zero-order chi connectivity index (χ0) is 14.1. The Morgan fingerprint density at radius 1 is 1.10 bits per heavy atom. The highest BCUT2D eigenvalue weighted by Crippen LogP contribution is 2.34. The lowest BCUT2D eigenvalue weighted by molar-refractivity contribution is 0.246. The van der Waals surface area contributed by atoms with Crippen molar-refractivity contribution in [2.45, 2.75) is 12.5 Å². The monoisotopic (exact) mass is 327 g/mol. The molecule has 2 aromatic rings. The Morgan fingerprint density at radius 3 is 2.50 bits per heavy atom. The molecular formula is C15H12Cl3NO. The van der Waals surface area contributed by atoms with E-state index in [0.717, 1.165) is 12.2 Å². The normalized spacial score (nSPS) is 16.6. The zero-order valence-electron chi connectivity index (χ0n) is 10.5. The first-order chi connectivity index (χ1) is 9.63. The van der Waals surface area contributed by atoms with Crippen LogP contribution in [0, 0.1) is 0 Å². The molecule has 2 nitrogen and oxygen atoms in total. The summed E-state index contributed by atoms with van der Waals surface area (Å²) >= 11 is 18.2. The van der Waals surface area contributed by atoms with Crippen molar-refractivity contribution < 1.29 is 4.74 Å². The Labute approximate surface area is 132 Å². The largest absolute Gasteiger partial charge is 0.488 e. The predicted octanol–water partition coefficient (Wildman–Crippen LogP) is 5.06. The summed E-state index contributed by atoms with van der Waals surface area (Å²) in [6, 6.07) is 11.4. The van der Waals surface area contributed by atoms with Gasteiger partial charge in [0, 0.05) is 11.4 Å². The van der Waals surface area contributed by atoms with Crippen LogP contribution in [0.2, 0.25) is 15.1 Å². The molecule has 1 heterocycles. The third-order valence-electron chi connectivity index (χ3n) is 3.23. The minimum atomic E-state index is 0.0789. The van der Waals surface area contributed by atoms with Crippen molar-refractivity contribution in [2.24, 2.45) is 0 Å². The summed E-state index contributed by atoms with van der Waals surface area (Å²) in [5, 5.41) is 4.79. The molecule has 0 bridgehead atoms. The van der Waals surface area contributed by atoms with Gasteiger partial charge in [-0.2, -0.15) is 0 Å². The zero-order valence-corrected chi connectivity index (χ0v) is 12.8. The number of rotatable bonds is 3. The molecule has 0 aliphatic carbocycles. The van der Waals surface area contributed by atoms with Gasteiger partial charge < -0.3 is 10.1 Å². The van der Waals surface area contributed by atoms with Gasteiger partial charge in [0.2, 0.25) is 0 Å².